The molecule has 0 spiro atoms. The molecule has 1 saturated carbocycles. The summed E-state index contributed by atoms with van der Waals surface area (Å²) < 4.78 is 0. The molecule has 1 aliphatic rings. The van der Waals surface area contributed by atoms with Crippen LogP contribution in [-0.4, -0.2) is 18.8 Å². The maximum Gasteiger partial charge on any atom is 0.103 e. The van der Waals surface area contributed by atoms with Gasteiger partial charge in [-0.2, -0.15) is 5.26 Å². The Balaban J connectivity index is 2.27. The standard InChI is InChI=1S/C16H22N2S/c1-3-19-16-11-7-10-15(14(16)12-17)18(2)13-8-5-4-6-9-13/h7,10-11,13H,3-6,8-9H2,1-2H3. The van der Waals surface area contributed by atoms with Gasteiger partial charge in [-0.05, 0) is 30.7 Å². The van der Waals surface area contributed by atoms with Crippen molar-refractivity contribution in [1.82, 2.24) is 0 Å². The summed E-state index contributed by atoms with van der Waals surface area (Å²) in [6.45, 7) is 2.13. The van der Waals surface area contributed by atoms with Crippen molar-refractivity contribution in [2.45, 2.75) is 50.0 Å². The zero-order valence-corrected chi connectivity index (χ0v) is 12.7. The third-order valence-corrected chi connectivity index (χ3v) is 4.86. The lowest BCUT2D eigenvalue weighted by Crippen LogP contribution is -2.33. The van der Waals surface area contributed by atoms with E-state index in [4.69, 9.17) is 0 Å². The van der Waals surface area contributed by atoms with Crippen LogP contribution in [0.1, 0.15) is 44.6 Å². The molecule has 0 bridgehead atoms. The minimum absolute atomic E-state index is 0.600. The first-order valence-electron chi connectivity index (χ1n) is 7.16. The average Bonchev–Trinajstić information content (AvgIpc) is 2.47. The fraction of sp³-hybridized carbons (Fsp3) is 0.562. The Morgan fingerprint density at radius 3 is 2.68 bits per heavy atom. The van der Waals surface area contributed by atoms with Gasteiger partial charge in [-0.15, -0.1) is 11.8 Å². The highest BCUT2D eigenvalue weighted by molar-refractivity contribution is 7.99. The van der Waals surface area contributed by atoms with E-state index in [1.165, 1.54) is 32.1 Å². The lowest BCUT2D eigenvalue weighted by molar-refractivity contribution is 0.427. The van der Waals surface area contributed by atoms with E-state index >= 15 is 0 Å². The smallest absolute Gasteiger partial charge is 0.103 e. The quantitative estimate of drug-likeness (QED) is 0.760. The van der Waals surface area contributed by atoms with Gasteiger partial charge in [-0.3, -0.25) is 0 Å². The predicted octanol–water partition coefficient (Wildman–Crippen LogP) is 4.44. The summed E-state index contributed by atoms with van der Waals surface area (Å²) in [4.78, 5) is 3.45. The van der Waals surface area contributed by atoms with Crippen LogP contribution >= 0.6 is 11.8 Å². The molecular formula is C16H22N2S. The molecule has 1 fully saturated rings. The second-order valence-electron chi connectivity index (χ2n) is 5.10. The Morgan fingerprint density at radius 2 is 2.05 bits per heavy atom. The minimum atomic E-state index is 0.600. The van der Waals surface area contributed by atoms with Crippen LogP contribution in [0.5, 0.6) is 0 Å². The maximum atomic E-state index is 9.48. The number of benzene rings is 1. The lowest BCUT2D eigenvalue weighted by atomic mass is 9.94. The molecule has 0 N–H and O–H groups in total. The molecule has 0 heterocycles. The molecule has 3 heteroatoms. The summed E-state index contributed by atoms with van der Waals surface area (Å²) in [6, 6.07) is 9.23. The number of hydrogen-bond acceptors (Lipinski definition) is 3. The van der Waals surface area contributed by atoms with Crippen molar-refractivity contribution in [3.63, 3.8) is 0 Å². The van der Waals surface area contributed by atoms with E-state index in [2.05, 4.69) is 43.1 Å². The molecule has 2 rings (SSSR count). The SMILES string of the molecule is CCSc1cccc(N(C)C2CCCCC2)c1C#N. The van der Waals surface area contributed by atoms with Crippen molar-refractivity contribution in [3.05, 3.63) is 23.8 Å². The van der Waals surface area contributed by atoms with Gasteiger partial charge in [0.2, 0.25) is 0 Å². The van der Waals surface area contributed by atoms with Crippen molar-refractivity contribution in [1.29, 1.82) is 5.26 Å². The van der Waals surface area contributed by atoms with Crippen LogP contribution in [0.3, 0.4) is 0 Å². The molecule has 0 atom stereocenters. The molecule has 0 aliphatic heterocycles. The first-order valence-corrected chi connectivity index (χ1v) is 8.15. The highest BCUT2D eigenvalue weighted by Gasteiger charge is 2.21. The molecule has 1 aromatic rings. The Hall–Kier alpha value is -1.14. The van der Waals surface area contributed by atoms with Crippen LogP contribution in [0.4, 0.5) is 5.69 Å². The summed E-state index contributed by atoms with van der Waals surface area (Å²) in [6.07, 6.45) is 6.51. The molecule has 1 aliphatic carbocycles. The van der Waals surface area contributed by atoms with Crippen LogP contribution in [-0.2, 0) is 0 Å². The Bertz CT molecular complexity index is 458. The third kappa shape index (κ3) is 3.25. The highest BCUT2D eigenvalue weighted by Crippen LogP contribution is 2.33. The van der Waals surface area contributed by atoms with E-state index in [-0.39, 0.29) is 0 Å². The van der Waals surface area contributed by atoms with Crippen LogP contribution in [0.25, 0.3) is 0 Å². The van der Waals surface area contributed by atoms with Crippen molar-refractivity contribution >= 4 is 17.4 Å². The van der Waals surface area contributed by atoms with Crippen LogP contribution in [0, 0.1) is 11.3 Å². The van der Waals surface area contributed by atoms with Gasteiger partial charge in [0.05, 0.1) is 11.3 Å². The van der Waals surface area contributed by atoms with Gasteiger partial charge in [-0.1, -0.05) is 32.3 Å². The number of nitriles is 1. The summed E-state index contributed by atoms with van der Waals surface area (Å²) in [5.74, 6) is 1.01. The third-order valence-electron chi connectivity index (χ3n) is 3.92. The predicted molar refractivity (Wildman–Crippen MR) is 82.8 cm³/mol. The van der Waals surface area contributed by atoms with Crippen LogP contribution in [0.2, 0.25) is 0 Å². The van der Waals surface area contributed by atoms with E-state index in [9.17, 15) is 5.26 Å². The van der Waals surface area contributed by atoms with Crippen molar-refractivity contribution < 1.29 is 0 Å². The van der Waals surface area contributed by atoms with E-state index in [0.29, 0.717) is 6.04 Å². The van der Waals surface area contributed by atoms with Gasteiger partial charge in [0.15, 0.2) is 0 Å². The largest absolute Gasteiger partial charge is 0.371 e. The van der Waals surface area contributed by atoms with Crippen molar-refractivity contribution in [2.24, 2.45) is 0 Å². The number of anilines is 1. The van der Waals surface area contributed by atoms with Gasteiger partial charge in [0.1, 0.15) is 6.07 Å². The molecule has 1 aromatic carbocycles. The Labute approximate surface area is 120 Å². The fourth-order valence-electron chi connectivity index (χ4n) is 2.87. The number of thioether (sulfide) groups is 1. The van der Waals surface area contributed by atoms with Crippen molar-refractivity contribution in [3.8, 4) is 6.07 Å². The van der Waals surface area contributed by atoms with E-state index < -0.39 is 0 Å². The zero-order valence-electron chi connectivity index (χ0n) is 11.9. The number of hydrogen-bond donors (Lipinski definition) is 0. The molecule has 102 valence electrons. The summed E-state index contributed by atoms with van der Waals surface area (Å²) in [7, 11) is 2.15. The summed E-state index contributed by atoms with van der Waals surface area (Å²) in [5, 5.41) is 9.48. The van der Waals surface area contributed by atoms with Gasteiger partial charge in [0.25, 0.3) is 0 Å². The highest BCUT2D eigenvalue weighted by atomic mass is 32.2. The molecule has 0 radical (unpaired) electrons. The van der Waals surface area contributed by atoms with Crippen LogP contribution < -0.4 is 4.90 Å². The first-order chi connectivity index (χ1) is 9.27. The van der Waals surface area contributed by atoms with E-state index in [1.54, 1.807) is 11.8 Å². The fourth-order valence-corrected chi connectivity index (χ4v) is 3.65. The monoisotopic (exact) mass is 274 g/mol. The maximum absolute atomic E-state index is 9.48. The summed E-state index contributed by atoms with van der Waals surface area (Å²) in [5.41, 5.74) is 1.95. The second-order valence-corrected chi connectivity index (χ2v) is 6.40. The first kappa shape index (κ1) is 14.3. The van der Waals surface area contributed by atoms with Gasteiger partial charge < -0.3 is 4.90 Å². The van der Waals surface area contributed by atoms with Gasteiger partial charge >= 0.3 is 0 Å². The Kier molecular flexibility index (Phi) is 5.15. The zero-order chi connectivity index (χ0) is 13.7. The van der Waals surface area contributed by atoms with E-state index in [0.717, 1.165) is 21.9 Å². The average molecular weight is 274 g/mol. The molecule has 2 nitrogen and oxygen atoms in total. The molecule has 0 amide bonds. The number of rotatable bonds is 4. The normalized spacial score (nSPS) is 16.1. The summed E-state index contributed by atoms with van der Waals surface area (Å²) >= 11 is 1.76. The van der Waals surface area contributed by atoms with Crippen molar-refractivity contribution in [2.75, 3.05) is 17.7 Å². The van der Waals surface area contributed by atoms with E-state index in [1.807, 2.05) is 0 Å². The number of nitrogens with zero attached hydrogens (tertiary/aromatic N) is 2. The van der Waals surface area contributed by atoms with Gasteiger partial charge in [-0.25, -0.2) is 0 Å². The topological polar surface area (TPSA) is 27.0 Å². The minimum Gasteiger partial charge on any atom is -0.371 e. The second kappa shape index (κ2) is 6.86. The van der Waals surface area contributed by atoms with Crippen LogP contribution in [0.15, 0.2) is 23.1 Å². The lowest BCUT2D eigenvalue weighted by Gasteiger charge is -2.33. The molecule has 0 unspecified atom stereocenters. The molecular weight excluding hydrogens is 252 g/mol. The van der Waals surface area contributed by atoms with Gasteiger partial charge in [0, 0.05) is 18.0 Å². The molecule has 19 heavy (non-hydrogen) atoms. The molecule has 0 aromatic heterocycles. The Morgan fingerprint density at radius 1 is 1.32 bits per heavy atom. The molecule has 0 saturated heterocycles.